The zero-order chi connectivity index (χ0) is 15.0. The predicted molar refractivity (Wildman–Crippen MR) is 80.8 cm³/mol. The second-order valence-electron chi connectivity index (χ2n) is 6.10. The number of piperidine rings is 1. The molecule has 0 amide bonds. The number of likely N-dealkylation sites (tertiary alicyclic amines) is 1. The average molecular weight is 312 g/mol. The van der Waals surface area contributed by atoms with E-state index < -0.39 is 5.97 Å². The number of halogens is 1. The molecule has 0 aromatic carbocycles. The minimum atomic E-state index is -0.726. The molecule has 3 rings (SSSR count). The van der Waals surface area contributed by atoms with Crippen molar-refractivity contribution in [1.29, 1.82) is 0 Å². The summed E-state index contributed by atoms with van der Waals surface area (Å²) in [5.74, 6) is 0.493. The van der Waals surface area contributed by atoms with Crippen LogP contribution < -0.4 is 0 Å². The molecular weight excluding hydrogens is 290 g/mol. The lowest BCUT2D eigenvalue weighted by Gasteiger charge is -2.32. The van der Waals surface area contributed by atoms with E-state index in [1.54, 1.807) is 0 Å². The van der Waals surface area contributed by atoms with E-state index in [0.29, 0.717) is 23.9 Å². The van der Waals surface area contributed by atoms with Crippen LogP contribution in [0.3, 0.4) is 0 Å². The van der Waals surface area contributed by atoms with Gasteiger partial charge in [0.2, 0.25) is 0 Å². The van der Waals surface area contributed by atoms with Gasteiger partial charge in [-0.05, 0) is 38.9 Å². The lowest BCUT2D eigenvalue weighted by molar-refractivity contribution is -0.142. The minimum absolute atomic E-state index is 0.318. The van der Waals surface area contributed by atoms with E-state index in [1.807, 2.05) is 0 Å². The summed E-state index contributed by atoms with van der Waals surface area (Å²) in [4.78, 5) is 18.2. The molecule has 2 aliphatic heterocycles. The highest BCUT2D eigenvalue weighted by Crippen LogP contribution is 2.34. The summed E-state index contributed by atoms with van der Waals surface area (Å²) < 4.78 is 2.19. The molecule has 2 aliphatic rings. The van der Waals surface area contributed by atoms with Gasteiger partial charge >= 0.3 is 5.97 Å². The van der Waals surface area contributed by atoms with E-state index >= 15 is 0 Å². The highest BCUT2D eigenvalue weighted by atomic mass is 35.5. The second kappa shape index (κ2) is 5.97. The van der Waals surface area contributed by atoms with Crippen LogP contribution in [0.4, 0.5) is 0 Å². The molecule has 1 aromatic heterocycles. The van der Waals surface area contributed by atoms with Crippen molar-refractivity contribution < 1.29 is 9.90 Å². The summed E-state index contributed by atoms with van der Waals surface area (Å²) in [7, 11) is 0. The maximum atomic E-state index is 11.2. The van der Waals surface area contributed by atoms with E-state index in [0.717, 1.165) is 50.5 Å². The van der Waals surface area contributed by atoms with Crippen molar-refractivity contribution >= 4 is 17.6 Å². The number of rotatable bonds is 3. The fraction of sp³-hybridized carbons (Fsp3) is 0.733. The topological polar surface area (TPSA) is 58.4 Å². The van der Waals surface area contributed by atoms with Gasteiger partial charge in [-0.1, -0.05) is 18.5 Å². The van der Waals surface area contributed by atoms with E-state index in [-0.39, 0.29) is 5.92 Å². The smallest absolute Gasteiger partial charge is 0.306 e. The number of hydrogen-bond donors (Lipinski definition) is 1. The lowest BCUT2D eigenvalue weighted by atomic mass is 9.93. The van der Waals surface area contributed by atoms with Gasteiger partial charge in [0, 0.05) is 18.9 Å². The Morgan fingerprint density at radius 1 is 1.33 bits per heavy atom. The van der Waals surface area contributed by atoms with E-state index in [1.165, 1.54) is 0 Å². The molecule has 6 heteroatoms. The first-order valence-corrected chi connectivity index (χ1v) is 8.18. The van der Waals surface area contributed by atoms with Crippen LogP contribution in [0.2, 0.25) is 5.15 Å². The first-order valence-electron chi connectivity index (χ1n) is 7.80. The third-order valence-electron chi connectivity index (χ3n) is 4.94. The Labute approximate surface area is 129 Å². The van der Waals surface area contributed by atoms with Crippen LogP contribution in [-0.2, 0) is 17.8 Å². The fourth-order valence-corrected chi connectivity index (χ4v) is 3.84. The SMILES string of the molecule is CCN1CCC(c2nc(Cl)c3n2CCC(C(=O)O)C3)CC1. The van der Waals surface area contributed by atoms with Crippen LogP contribution in [0.25, 0.3) is 0 Å². The number of aliphatic carboxylic acids is 1. The lowest BCUT2D eigenvalue weighted by Crippen LogP contribution is -2.34. The molecule has 3 heterocycles. The van der Waals surface area contributed by atoms with Crippen molar-refractivity contribution in [3.05, 3.63) is 16.7 Å². The second-order valence-corrected chi connectivity index (χ2v) is 6.45. The monoisotopic (exact) mass is 311 g/mol. The van der Waals surface area contributed by atoms with Crippen LogP contribution in [0.5, 0.6) is 0 Å². The molecule has 0 aliphatic carbocycles. The van der Waals surface area contributed by atoms with E-state index in [2.05, 4.69) is 21.4 Å². The van der Waals surface area contributed by atoms with E-state index in [9.17, 15) is 9.90 Å². The number of carboxylic acid groups (broad SMARTS) is 1. The van der Waals surface area contributed by atoms with Crippen LogP contribution in [0.15, 0.2) is 0 Å². The number of carboxylic acids is 1. The Kier molecular flexibility index (Phi) is 4.22. The summed E-state index contributed by atoms with van der Waals surface area (Å²) in [6.07, 6.45) is 3.41. The zero-order valence-corrected chi connectivity index (χ0v) is 13.1. The fourth-order valence-electron chi connectivity index (χ4n) is 3.57. The van der Waals surface area contributed by atoms with Crippen molar-refractivity contribution in [2.75, 3.05) is 19.6 Å². The molecule has 0 radical (unpaired) electrons. The van der Waals surface area contributed by atoms with Crippen molar-refractivity contribution in [2.24, 2.45) is 5.92 Å². The van der Waals surface area contributed by atoms with Gasteiger partial charge in [0.1, 0.15) is 5.82 Å². The van der Waals surface area contributed by atoms with Crippen molar-refractivity contribution in [2.45, 2.75) is 45.1 Å². The standard InChI is InChI=1S/C15H22ClN3O2/c1-2-18-6-3-10(4-7-18)14-17-13(16)12-9-11(15(20)21)5-8-19(12)14/h10-11H,2-9H2,1H3,(H,20,21). The van der Waals surface area contributed by atoms with Gasteiger partial charge in [-0.15, -0.1) is 0 Å². The van der Waals surface area contributed by atoms with Crippen LogP contribution in [-0.4, -0.2) is 45.2 Å². The molecule has 5 nitrogen and oxygen atoms in total. The molecule has 116 valence electrons. The maximum Gasteiger partial charge on any atom is 0.306 e. The highest BCUT2D eigenvalue weighted by molar-refractivity contribution is 6.30. The summed E-state index contributed by atoms with van der Waals surface area (Å²) in [6.45, 7) is 6.25. The molecule has 21 heavy (non-hydrogen) atoms. The minimum Gasteiger partial charge on any atom is -0.481 e. The van der Waals surface area contributed by atoms with Crippen LogP contribution in [0, 0.1) is 5.92 Å². The summed E-state index contributed by atoms with van der Waals surface area (Å²) in [5, 5.41) is 9.70. The normalized spacial score (nSPS) is 24.0. The molecule has 0 saturated carbocycles. The predicted octanol–water partition coefficient (Wildman–Crippen LogP) is 2.38. The number of hydrogen-bond acceptors (Lipinski definition) is 3. The van der Waals surface area contributed by atoms with E-state index in [4.69, 9.17) is 11.6 Å². The maximum absolute atomic E-state index is 11.2. The third kappa shape index (κ3) is 2.81. The Morgan fingerprint density at radius 2 is 2.05 bits per heavy atom. The molecule has 0 bridgehead atoms. The number of fused-ring (bicyclic) bond motifs is 1. The Morgan fingerprint density at radius 3 is 2.67 bits per heavy atom. The first kappa shape index (κ1) is 14.9. The highest BCUT2D eigenvalue weighted by Gasteiger charge is 2.32. The van der Waals surface area contributed by atoms with Crippen molar-refractivity contribution in [3.8, 4) is 0 Å². The number of carbonyl (C=O) groups is 1. The molecule has 1 N–H and O–H groups in total. The van der Waals surface area contributed by atoms with Gasteiger partial charge in [-0.25, -0.2) is 4.98 Å². The van der Waals surface area contributed by atoms with Gasteiger partial charge in [0.15, 0.2) is 5.15 Å². The summed E-state index contributed by atoms with van der Waals surface area (Å²) in [5.41, 5.74) is 0.920. The van der Waals surface area contributed by atoms with Gasteiger partial charge in [0.25, 0.3) is 0 Å². The Balaban J connectivity index is 1.80. The third-order valence-corrected chi connectivity index (χ3v) is 5.25. The van der Waals surface area contributed by atoms with Crippen molar-refractivity contribution in [3.63, 3.8) is 0 Å². The quantitative estimate of drug-likeness (QED) is 0.931. The van der Waals surface area contributed by atoms with Gasteiger partial charge in [-0.2, -0.15) is 0 Å². The molecule has 1 saturated heterocycles. The molecule has 1 fully saturated rings. The molecule has 1 unspecified atom stereocenters. The van der Waals surface area contributed by atoms with Gasteiger partial charge in [-0.3, -0.25) is 4.79 Å². The first-order chi connectivity index (χ1) is 10.1. The van der Waals surface area contributed by atoms with Crippen LogP contribution >= 0.6 is 11.6 Å². The molecule has 1 atom stereocenters. The largest absolute Gasteiger partial charge is 0.481 e. The summed E-state index contributed by atoms with van der Waals surface area (Å²) >= 11 is 6.27. The molecule has 1 aromatic rings. The van der Waals surface area contributed by atoms with Crippen LogP contribution in [0.1, 0.15) is 43.6 Å². The zero-order valence-electron chi connectivity index (χ0n) is 12.4. The average Bonchev–Trinajstić information content (AvgIpc) is 2.84. The molecular formula is C15H22ClN3O2. The Hall–Kier alpha value is -1.07. The van der Waals surface area contributed by atoms with Gasteiger partial charge < -0.3 is 14.6 Å². The number of aromatic nitrogens is 2. The van der Waals surface area contributed by atoms with Gasteiger partial charge in [0.05, 0.1) is 11.6 Å². The van der Waals surface area contributed by atoms with Crippen molar-refractivity contribution in [1.82, 2.24) is 14.5 Å². The summed E-state index contributed by atoms with van der Waals surface area (Å²) in [6, 6.07) is 0. The molecule has 0 spiro atoms. The number of imidazole rings is 1. The Bertz CT molecular complexity index is 535. The number of nitrogens with zero attached hydrogens (tertiary/aromatic N) is 3.